The average molecular weight is 379 g/mol. The molecule has 146 valence electrons. The Kier molecular flexibility index (Phi) is 5.55. The number of piperazine rings is 1. The minimum atomic E-state index is -0.0114. The van der Waals surface area contributed by atoms with Crippen molar-refractivity contribution in [3.8, 4) is 5.75 Å². The monoisotopic (exact) mass is 379 g/mol. The summed E-state index contributed by atoms with van der Waals surface area (Å²) in [6.45, 7) is 4.96. The predicted octanol–water partition coefficient (Wildman–Crippen LogP) is 2.33. The summed E-state index contributed by atoms with van der Waals surface area (Å²) in [4.78, 5) is 17.0. The molecule has 1 fully saturated rings. The fourth-order valence-electron chi connectivity index (χ4n) is 3.59. The number of hydrogen-bond donors (Lipinski definition) is 2. The van der Waals surface area contributed by atoms with Crippen molar-refractivity contribution in [2.45, 2.75) is 6.54 Å². The number of para-hydroxylation sites is 2. The molecule has 7 nitrogen and oxygen atoms in total. The Morgan fingerprint density at radius 3 is 2.75 bits per heavy atom. The fourth-order valence-corrected chi connectivity index (χ4v) is 3.59. The van der Waals surface area contributed by atoms with E-state index in [1.54, 1.807) is 7.11 Å². The maximum Gasteiger partial charge on any atom is 0.238 e. The first-order valence-corrected chi connectivity index (χ1v) is 9.51. The molecule has 4 rings (SSSR count). The largest absolute Gasteiger partial charge is 0.495 e. The van der Waals surface area contributed by atoms with Gasteiger partial charge in [-0.15, -0.1) is 0 Å². The summed E-state index contributed by atoms with van der Waals surface area (Å²) in [5.74, 6) is 0.664. The van der Waals surface area contributed by atoms with Gasteiger partial charge in [-0.1, -0.05) is 24.3 Å². The Balaban J connectivity index is 1.26. The Labute approximate surface area is 164 Å². The van der Waals surface area contributed by atoms with Crippen LogP contribution in [0.1, 0.15) is 5.56 Å². The molecule has 0 unspecified atom stereocenters. The summed E-state index contributed by atoms with van der Waals surface area (Å²) < 4.78 is 5.29. The number of benzene rings is 2. The van der Waals surface area contributed by atoms with E-state index in [4.69, 9.17) is 4.74 Å². The molecular formula is C21H25N5O2. The molecule has 0 aliphatic carbocycles. The number of H-pyrrole nitrogens is 1. The number of ether oxygens (including phenoxy) is 1. The topological polar surface area (TPSA) is 73.5 Å². The lowest BCUT2D eigenvalue weighted by Gasteiger charge is -2.34. The van der Waals surface area contributed by atoms with E-state index in [1.807, 2.05) is 30.5 Å². The van der Waals surface area contributed by atoms with Crippen LogP contribution in [0.2, 0.25) is 0 Å². The summed E-state index contributed by atoms with van der Waals surface area (Å²) >= 11 is 0. The van der Waals surface area contributed by atoms with Gasteiger partial charge in [0.15, 0.2) is 0 Å². The van der Waals surface area contributed by atoms with Gasteiger partial charge in [0, 0.05) is 38.1 Å². The molecular weight excluding hydrogens is 354 g/mol. The van der Waals surface area contributed by atoms with Crippen LogP contribution in [-0.2, 0) is 11.3 Å². The number of amides is 1. The third-order valence-electron chi connectivity index (χ3n) is 5.13. The van der Waals surface area contributed by atoms with E-state index in [2.05, 4.69) is 43.5 Å². The quantitative estimate of drug-likeness (QED) is 0.688. The minimum Gasteiger partial charge on any atom is -0.495 e. The standard InChI is InChI=1S/C21H25N5O2/c1-28-20-5-3-2-4-18(20)23-21(27)15-26-10-8-25(9-11-26)14-16-6-7-17-13-22-24-19(17)12-16/h2-7,12-13H,8-11,14-15H2,1H3,(H,22,24)(H,23,27). The van der Waals surface area contributed by atoms with Crippen LogP contribution in [-0.4, -0.2) is 65.7 Å². The summed E-state index contributed by atoms with van der Waals surface area (Å²) in [6.07, 6.45) is 1.84. The molecule has 0 bridgehead atoms. The second-order valence-electron chi connectivity index (χ2n) is 7.09. The first-order chi connectivity index (χ1) is 13.7. The number of fused-ring (bicyclic) bond motifs is 1. The Hall–Kier alpha value is -2.90. The second kappa shape index (κ2) is 8.41. The first-order valence-electron chi connectivity index (χ1n) is 9.51. The lowest BCUT2D eigenvalue weighted by Crippen LogP contribution is -2.48. The highest BCUT2D eigenvalue weighted by atomic mass is 16.5. The van der Waals surface area contributed by atoms with E-state index in [1.165, 1.54) is 5.56 Å². The number of rotatable bonds is 6. The molecule has 28 heavy (non-hydrogen) atoms. The molecule has 1 aliphatic heterocycles. The lowest BCUT2D eigenvalue weighted by atomic mass is 10.1. The SMILES string of the molecule is COc1ccccc1NC(=O)CN1CCN(Cc2ccc3cn[nH]c3c2)CC1. The number of aromatic amines is 1. The highest BCUT2D eigenvalue weighted by Crippen LogP contribution is 2.23. The molecule has 0 radical (unpaired) electrons. The smallest absolute Gasteiger partial charge is 0.238 e. The van der Waals surface area contributed by atoms with Crippen LogP contribution in [0.15, 0.2) is 48.7 Å². The number of carbonyl (C=O) groups is 1. The van der Waals surface area contributed by atoms with Crippen LogP contribution in [0.4, 0.5) is 5.69 Å². The van der Waals surface area contributed by atoms with Crippen LogP contribution in [0.5, 0.6) is 5.75 Å². The van der Waals surface area contributed by atoms with Gasteiger partial charge in [0.05, 0.1) is 31.1 Å². The third-order valence-corrected chi connectivity index (χ3v) is 5.13. The van der Waals surface area contributed by atoms with Crippen molar-refractivity contribution in [1.29, 1.82) is 0 Å². The van der Waals surface area contributed by atoms with Gasteiger partial charge in [-0.25, -0.2) is 0 Å². The fraction of sp³-hybridized carbons (Fsp3) is 0.333. The van der Waals surface area contributed by atoms with Crippen LogP contribution in [0.25, 0.3) is 10.9 Å². The van der Waals surface area contributed by atoms with Gasteiger partial charge < -0.3 is 10.1 Å². The molecule has 1 aliphatic rings. The number of anilines is 1. The second-order valence-corrected chi connectivity index (χ2v) is 7.09. The van der Waals surface area contributed by atoms with E-state index in [-0.39, 0.29) is 5.91 Å². The van der Waals surface area contributed by atoms with E-state index in [9.17, 15) is 4.79 Å². The van der Waals surface area contributed by atoms with Gasteiger partial charge in [-0.3, -0.25) is 19.7 Å². The molecule has 2 heterocycles. The highest BCUT2D eigenvalue weighted by Gasteiger charge is 2.19. The molecule has 0 spiro atoms. The summed E-state index contributed by atoms with van der Waals surface area (Å²) in [7, 11) is 1.61. The summed E-state index contributed by atoms with van der Waals surface area (Å²) in [5.41, 5.74) is 3.06. The van der Waals surface area contributed by atoms with Crippen molar-refractivity contribution >= 4 is 22.5 Å². The molecule has 2 aromatic carbocycles. The normalized spacial score (nSPS) is 15.6. The van der Waals surface area contributed by atoms with Crippen molar-refractivity contribution in [1.82, 2.24) is 20.0 Å². The van der Waals surface area contributed by atoms with Crippen molar-refractivity contribution in [3.05, 3.63) is 54.2 Å². The number of nitrogens with one attached hydrogen (secondary N) is 2. The Bertz CT molecular complexity index is 947. The zero-order valence-corrected chi connectivity index (χ0v) is 16.0. The first kappa shape index (κ1) is 18.5. The van der Waals surface area contributed by atoms with E-state index < -0.39 is 0 Å². The number of aromatic nitrogens is 2. The zero-order chi connectivity index (χ0) is 19.3. The average Bonchev–Trinajstić information content (AvgIpc) is 3.18. The van der Waals surface area contributed by atoms with Gasteiger partial charge >= 0.3 is 0 Å². The molecule has 1 saturated heterocycles. The van der Waals surface area contributed by atoms with Crippen LogP contribution < -0.4 is 10.1 Å². The predicted molar refractivity (Wildman–Crippen MR) is 109 cm³/mol. The number of nitrogens with zero attached hydrogens (tertiary/aromatic N) is 3. The maximum absolute atomic E-state index is 12.4. The molecule has 0 atom stereocenters. The Morgan fingerprint density at radius 1 is 1.14 bits per heavy atom. The number of methoxy groups -OCH3 is 1. The molecule has 2 N–H and O–H groups in total. The van der Waals surface area contributed by atoms with Gasteiger partial charge in [-0.2, -0.15) is 5.10 Å². The molecule has 1 aromatic heterocycles. The third kappa shape index (κ3) is 4.32. The van der Waals surface area contributed by atoms with Crippen LogP contribution in [0, 0.1) is 0 Å². The van der Waals surface area contributed by atoms with Gasteiger partial charge in [0.1, 0.15) is 5.75 Å². The lowest BCUT2D eigenvalue weighted by molar-refractivity contribution is -0.117. The molecule has 3 aromatic rings. The number of hydrogen-bond acceptors (Lipinski definition) is 5. The van der Waals surface area contributed by atoms with E-state index >= 15 is 0 Å². The van der Waals surface area contributed by atoms with Gasteiger partial charge in [-0.05, 0) is 23.8 Å². The van der Waals surface area contributed by atoms with Crippen LogP contribution in [0.3, 0.4) is 0 Å². The highest BCUT2D eigenvalue weighted by molar-refractivity contribution is 5.93. The molecule has 1 amide bonds. The maximum atomic E-state index is 12.4. The van der Waals surface area contributed by atoms with Crippen LogP contribution >= 0.6 is 0 Å². The molecule has 7 heteroatoms. The van der Waals surface area contributed by atoms with Crippen molar-refractivity contribution in [2.24, 2.45) is 0 Å². The zero-order valence-electron chi connectivity index (χ0n) is 16.0. The van der Waals surface area contributed by atoms with E-state index in [0.717, 1.165) is 43.6 Å². The van der Waals surface area contributed by atoms with Crippen molar-refractivity contribution in [2.75, 3.05) is 45.2 Å². The van der Waals surface area contributed by atoms with Gasteiger partial charge in [0.2, 0.25) is 5.91 Å². The summed E-state index contributed by atoms with van der Waals surface area (Å²) in [5, 5.41) is 11.2. The van der Waals surface area contributed by atoms with Crippen molar-refractivity contribution < 1.29 is 9.53 Å². The van der Waals surface area contributed by atoms with Crippen molar-refractivity contribution in [3.63, 3.8) is 0 Å². The Morgan fingerprint density at radius 2 is 1.93 bits per heavy atom. The van der Waals surface area contributed by atoms with Gasteiger partial charge in [0.25, 0.3) is 0 Å². The number of carbonyl (C=O) groups excluding carboxylic acids is 1. The minimum absolute atomic E-state index is 0.0114. The summed E-state index contributed by atoms with van der Waals surface area (Å²) in [6, 6.07) is 13.9. The molecule has 0 saturated carbocycles. The van der Waals surface area contributed by atoms with E-state index in [0.29, 0.717) is 18.0 Å².